The monoisotopic (exact) mass is 139 g/mol. The van der Waals surface area contributed by atoms with E-state index in [0.29, 0.717) is 5.57 Å². The van der Waals surface area contributed by atoms with Crippen LogP contribution in [0.15, 0.2) is 22.6 Å². The normalized spacial score (nSPS) is 13.1. The van der Waals surface area contributed by atoms with Crippen molar-refractivity contribution in [2.24, 2.45) is 0 Å². The van der Waals surface area contributed by atoms with E-state index in [1.165, 1.54) is 0 Å². The molecule has 0 aliphatic heterocycles. The van der Waals surface area contributed by atoms with Crippen molar-refractivity contribution in [2.45, 2.75) is 13.8 Å². The second kappa shape index (κ2) is 4.22. The molecule has 0 amide bonds. The molecule has 0 rings (SSSR count). The molecule has 0 aromatic carbocycles. The van der Waals surface area contributed by atoms with E-state index in [-0.39, 0.29) is 0 Å². The summed E-state index contributed by atoms with van der Waals surface area (Å²) in [7, 11) is 0. The second-order valence-electron chi connectivity index (χ2n) is 1.64. The maximum atomic E-state index is 8.38. The molecule has 0 atom stereocenters. The lowest BCUT2D eigenvalue weighted by Gasteiger charge is -1.85. The van der Waals surface area contributed by atoms with E-state index in [1.54, 1.807) is 12.2 Å². The molecule has 0 unspecified atom stereocenters. The molecule has 0 saturated carbocycles. The van der Waals surface area contributed by atoms with Crippen LogP contribution in [0.4, 0.5) is 0 Å². The number of hydrogen-bond acceptors (Lipinski definition) is 2. The molecule has 0 radical (unpaired) electrons. The van der Waals surface area contributed by atoms with Crippen LogP contribution in [-0.2, 0) is 0 Å². The lowest BCUT2D eigenvalue weighted by molar-refractivity contribution is 1.47. The van der Waals surface area contributed by atoms with Crippen molar-refractivity contribution in [1.82, 2.24) is 0 Å². The van der Waals surface area contributed by atoms with Crippen LogP contribution in [0.3, 0.4) is 0 Å². The third-order valence-corrected chi connectivity index (χ3v) is 0.934. The highest BCUT2D eigenvalue weighted by atomic mass is 32.1. The van der Waals surface area contributed by atoms with Gasteiger partial charge in [-0.1, -0.05) is 6.08 Å². The largest absolute Gasteiger partial charge is 0.192 e. The Morgan fingerprint density at radius 3 is 2.33 bits per heavy atom. The van der Waals surface area contributed by atoms with E-state index in [0.717, 1.165) is 4.91 Å². The Labute approximate surface area is 61.1 Å². The van der Waals surface area contributed by atoms with Crippen LogP contribution >= 0.6 is 12.6 Å². The van der Waals surface area contributed by atoms with E-state index in [1.807, 2.05) is 19.9 Å². The van der Waals surface area contributed by atoms with E-state index in [4.69, 9.17) is 5.26 Å². The molecule has 0 N–H and O–H groups in total. The highest BCUT2D eigenvalue weighted by Crippen LogP contribution is 2.03. The fourth-order valence-corrected chi connectivity index (χ4v) is 0.544. The van der Waals surface area contributed by atoms with Gasteiger partial charge in [0.1, 0.15) is 0 Å². The van der Waals surface area contributed by atoms with E-state index in [2.05, 4.69) is 12.6 Å². The topological polar surface area (TPSA) is 23.8 Å². The number of thiol groups is 1. The molecule has 0 heterocycles. The highest BCUT2D eigenvalue weighted by Gasteiger charge is 1.84. The van der Waals surface area contributed by atoms with Crippen LogP contribution in [0.5, 0.6) is 0 Å². The first kappa shape index (κ1) is 8.32. The third-order valence-electron chi connectivity index (χ3n) is 0.804. The van der Waals surface area contributed by atoms with Crippen molar-refractivity contribution < 1.29 is 0 Å². The minimum Gasteiger partial charge on any atom is -0.192 e. The standard InChI is InChI=1S/C7H9NS/c1-3-7(5-8)4-6(2)9/h3-4,9H,1-2H3/b6-4-,7-3-. The van der Waals surface area contributed by atoms with Gasteiger partial charge >= 0.3 is 0 Å². The molecular weight excluding hydrogens is 130 g/mol. The Morgan fingerprint density at radius 2 is 2.22 bits per heavy atom. The molecule has 0 bridgehead atoms. The summed E-state index contributed by atoms with van der Waals surface area (Å²) in [6.07, 6.45) is 3.48. The number of hydrogen-bond donors (Lipinski definition) is 1. The van der Waals surface area contributed by atoms with Crippen molar-refractivity contribution in [3.8, 4) is 6.07 Å². The molecule has 0 aliphatic rings. The minimum atomic E-state index is 0.655. The fraction of sp³-hybridized carbons (Fsp3) is 0.286. The molecule has 0 fully saturated rings. The highest BCUT2D eigenvalue weighted by molar-refractivity contribution is 7.84. The lowest BCUT2D eigenvalue weighted by atomic mass is 10.2. The Morgan fingerprint density at radius 1 is 1.67 bits per heavy atom. The second-order valence-corrected chi connectivity index (χ2v) is 2.35. The van der Waals surface area contributed by atoms with Crippen molar-refractivity contribution in [3.05, 3.63) is 22.6 Å². The average molecular weight is 139 g/mol. The molecule has 0 spiro atoms. The Kier molecular flexibility index (Phi) is 3.90. The van der Waals surface area contributed by atoms with Gasteiger partial charge in [-0.05, 0) is 24.8 Å². The Bertz CT molecular complexity index is 180. The lowest BCUT2D eigenvalue weighted by Crippen LogP contribution is -1.69. The first-order valence-corrected chi connectivity index (χ1v) is 3.09. The summed E-state index contributed by atoms with van der Waals surface area (Å²) in [6.45, 7) is 3.66. The molecular formula is C7H9NS. The zero-order valence-corrected chi connectivity index (χ0v) is 6.44. The number of rotatable bonds is 1. The summed E-state index contributed by atoms with van der Waals surface area (Å²) in [4.78, 5) is 0.852. The van der Waals surface area contributed by atoms with Crippen LogP contribution in [0.2, 0.25) is 0 Å². The quantitative estimate of drug-likeness (QED) is 0.336. The Hall–Kier alpha value is -0.680. The van der Waals surface area contributed by atoms with Gasteiger partial charge in [-0.3, -0.25) is 0 Å². The van der Waals surface area contributed by atoms with Crippen LogP contribution < -0.4 is 0 Å². The SMILES string of the molecule is C/C=C(C#N)/C=C(/C)S. The van der Waals surface area contributed by atoms with Crippen molar-refractivity contribution in [1.29, 1.82) is 5.26 Å². The summed E-state index contributed by atoms with van der Waals surface area (Å²) in [6, 6.07) is 2.02. The molecule has 0 aromatic rings. The summed E-state index contributed by atoms with van der Waals surface area (Å²) in [5, 5.41) is 8.38. The van der Waals surface area contributed by atoms with Crippen LogP contribution in [0.1, 0.15) is 13.8 Å². The van der Waals surface area contributed by atoms with Gasteiger partial charge in [0.25, 0.3) is 0 Å². The molecule has 0 aliphatic carbocycles. The zero-order valence-electron chi connectivity index (χ0n) is 5.55. The van der Waals surface area contributed by atoms with Crippen LogP contribution in [-0.4, -0.2) is 0 Å². The van der Waals surface area contributed by atoms with Gasteiger partial charge in [0.15, 0.2) is 0 Å². The summed E-state index contributed by atoms with van der Waals surface area (Å²) in [5.74, 6) is 0. The summed E-state index contributed by atoms with van der Waals surface area (Å²) < 4.78 is 0. The maximum Gasteiger partial charge on any atom is 0.0988 e. The number of nitrogens with zero attached hydrogens (tertiary/aromatic N) is 1. The fourth-order valence-electron chi connectivity index (χ4n) is 0.405. The van der Waals surface area contributed by atoms with Crippen molar-refractivity contribution in [2.75, 3.05) is 0 Å². The molecule has 1 nitrogen and oxygen atoms in total. The molecule has 2 heteroatoms. The van der Waals surface area contributed by atoms with E-state index in [9.17, 15) is 0 Å². The zero-order chi connectivity index (χ0) is 7.28. The van der Waals surface area contributed by atoms with Gasteiger partial charge in [0, 0.05) is 5.57 Å². The maximum absolute atomic E-state index is 8.38. The minimum absolute atomic E-state index is 0.655. The van der Waals surface area contributed by atoms with Crippen molar-refractivity contribution in [3.63, 3.8) is 0 Å². The molecule has 0 aromatic heterocycles. The first-order chi connectivity index (χ1) is 4.20. The van der Waals surface area contributed by atoms with Crippen LogP contribution in [0.25, 0.3) is 0 Å². The molecule has 9 heavy (non-hydrogen) atoms. The molecule has 0 saturated heterocycles. The van der Waals surface area contributed by atoms with E-state index >= 15 is 0 Å². The Balaban J connectivity index is 4.24. The van der Waals surface area contributed by atoms with Gasteiger partial charge in [-0.15, -0.1) is 12.6 Å². The predicted octanol–water partition coefficient (Wildman–Crippen LogP) is 2.29. The van der Waals surface area contributed by atoms with Gasteiger partial charge in [-0.2, -0.15) is 5.26 Å². The summed E-state index contributed by atoms with van der Waals surface area (Å²) >= 11 is 4.01. The van der Waals surface area contributed by atoms with Crippen molar-refractivity contribution >= 4 is 12.6 Å². The number of allylic oxidation sites excluding steroid dienone is 4. The smallest absolute Gasteiger partial charge is 0.0988 e. The van der Waals surface area contributed by atoms with E-state index < -0.39 is 0 Å². The summed E-state index contributed by atoms with van der Waals surface area (Å²) in [5.41, 5.74) is 0.655. The van der Waals surface area contributed by atoms with Gasteiger partial charge in [-0.25, -0.2) is 0 Å². The first-order valence-electron chi connectivity index (χ1n) is 2.64. The van der Waals surface area contributed by atoms with Gasteiger partial charge in [0.05, 0.1) is 6.07 Å². The van der Waals surface area contributed by atoms with Crippen LogP contribution in [0, 0.1) is 11.3 Å². The predicted molar refractivity (Wildman–Crippen MR) is 42.1 cm³/mol. The molecule has 48 valence electrons. The van der Waals surface area contributed by atoms with Gasteiger partial charge < -0.3 is 0 Å². The number of nitriles is 1. The average Bonchev–Trinajstić information content (AvgIpc) is 1.82. The third kappa shape index (κ3) is 3.87. The van der Waals surface area contributed by atoms with Gasteiger partial charge in [0.2, 0.25) is 0 Å².